The molecule has 0 aliphatic carbocycles. The van der Waals surface area contributed by atoms with Crippen LogP contribution < -0.4 is 5.73 Å². The number of nitrogens with two attached hydrogens (primary N) is 1. The summed E-state index contributed by atoms with van der Waals surface area (Å²) in [6.45, 7) is 3.75. The third-order valence-electron chi connectivity index (χ3n) is 3.24. The normalized spacial score (nSPS) is 13.0. The van der Waals surface area contributed by atoms with Gasteiger partial charge in [0, 0.05) is 24.0 Å². The summed E-state index contributed by atoms with van der Waals surface area (Å²) in [5, 5.41) is 2.05. The number of benzene rings is 1. The van der Waals surface area contributed by atoms with Gasteiger partial charge in [-0.3, -0.25) is 4.40 Å². The van der Waals surface area contributed by atoms with E-state index in [9.17, 15) is 4.39 Å². The molecule has 0 aliphatic heterocycles. The zero-order valence-corrected chi connectivity index (χ0v) is 12.2. The van der Waals surface area contributed by atoms with Gasteiger partial charge in [0.1, 0.15) is 5.82 Å². The first-order valence-electron chi connectivity index (χ1n) is 6.52. The van der Waals surface area contributed by atoms with E-state index in [4.69, 9.17) is 5.73 Å². The number of nitrogens with zero attached hydrogens (tertiary/aromatic N) is 2. The SMILES string of the molecule is Cc1cc(-c2csc3nc(CC(C)N)cn23)ccc1F. The van der Waals surface area contributed by atoms with Gasteiger partial charge >= 0.3 is 0 Å². The second-order valence-corrected chi connectivity index (χ2v) is 5.99. The average molecular weight is 289 g/mol. The van der Waals surface area contributed by atoms with E-state index >= 15 is 0 Å². The van der Waals surface area contributed by atoms with Crippen LogP contribution in [0.15, 0.2) is 29.8 Å². The molecule has 2 heterocycles. The maximum absolute atomic E-state index is 13.4. The highest BCUT2D eigenvalue weighted by molar-refractivity contribution is 7.15. The zero-order valence-electron chi connectivity index (χ0n) is 11.4. The molecule has 0 saturated heterocycles. The van der Waals surface area contributed by atoms with Crippen molar-refractivity contribution >= 4 is 16.3 Å². The third kappa shape index (κ3) is 2.34. The van der Waals surface area contributed by atoms with Crippen molar-refractivity contribution in [2.45, 2.75) is 26.3 Å². The van der Waals surface area contributed by atoms with E-state index in [1.165, 1.54) is 6.07 Å². The van der Waals surface area contributed by atoms with Crippen LogP contribution >= 0.6 is 11.3 Å². The Kier molecular flexibility index (Phi) is 3.31. The highest BCUT2D eigenvalue weighted by Gasteiger charge is 2.11. The van der Waals surface area contributed by atoms with Crippen LogP contribution in [0.2, 0.25) is 0 Å². The molecule has 2 aromatic heterocycles. The molecule has 1 unspecified atom stereocenters. The number of hydrogen-bond donors (Lipinski definition) is 1. The first-order chi connectivity index (χ1) is 9.54. The Morgan fingerprint density at radius 2 is 2.25 bits per heavy atom. The summed E-state index contributed by atoms with van der Waals surface area (Å²) in [7, 11) is 0. The van der Waals surface area contributed by atoms with E-state index < -0.39 is 0 Å². The van der Waals surface area contributed by atoms with Crippen molar-refractivity contribution in [2.24, 2.45) is 5.73 Å². The fourth-order valence-corrected chi connectivity index (χ4v) is 3.17. The van der Waals surface area contributed by atoms with Crippen molar-refractivity contribution in [2.75, 3.05) is 0 Å². The van der Waals surface area contributed by atoms with Gasteiger partial charge in [-0.25, -0.2) is 9.37 Å². The lowest BCUT2D eigenvalue weighted by atomic mass is 10.1. The van der Waals surface area contributed by atoms with E-state index in [1.54, 1.807) is 24.3 Å². The van der Waals surface area contributed by atoms with Crippen molar-refractivity contribution in [3.05, 3.63) is 46.9 Å². The summed E-state index contributed by atoms with van der Waals surface area (Å²) in [6.07, 6.45) is 2.78. The molecule has 3 aromatic rings. The van der Waals surface area contributed by atoms with E-state index in [0.29, 0.717) is 5.56 Å². The molecule has 3 nitrogen and oxygen atoms in total. The van der Waals surface area contributed by atoms with E-state index in [0.717, 1.165) is 28.3 Å². The number of thiazole rings is 1. The van der Waals surface area contributed by atoms with Gasteiger partial charge in [-0.05, 0) is 43.2 Å². The lowest BCUT2D eigenvalue weighted by Gasteiger charge is -2.03. The fraction of sp³-hybridized carbons (Fsp3) is 0.267. The summed E-state index contributed by atoms with van der Waals surface area (Å²) in [4.78, 5) is 5.51. The largest absolute Gasteiger partial charge is 0.328 e. The Labute approximate surface area is 120 Å². The van der Waals surface area contributed by atoms with E-state index in [2.05, 4.69) is 9.38 Å². The quantitative estimate of drug-likeness (QED) is 0.803. The number of aromatic nitrogens is 2. The van der Waals surface area contributed by atoms with Gasteiger partial charge in [-0.15, -0.1) is 11.3 Å². The third-order valence-corrected chi connectivity index (χ3v) is 4.08. The van der Waals surface area contributed by atoms with Gasteiger partial charge in [0.2, 0.25) is 0 Å². The van der Waals surface area contributed by atoms with Gasteiger partial charge in [0.25, 0.3) is 0 Å². The number of aryl methyl sites for hydroxylation is 1. The molecule has 0 saturated carbocycles. The highest BCUT2D eigenvalue weighted by atomic mass is 32.1. The molecule has 1 aromatic carbocycles. The van der Waals surface area contributed by atoms with Crippen LogP contribution in [0.1, 0.15) is 18.2 Å². The van der Waals surface area contributed by atoms with Crippen LogP contribution in [0.5, 0.6) is 0 Å². The minimum Gasteiger partial charge on any atom is -0.328 e. The molecule has 0 aliphatic rings. The summed E-state index contributed by atoms with van der Waals surface area (Å²) in [5.74, 6) is -0.177. The van der Waals surface area contributed by atoms with E-state index in [1.807, 2.05) is 24.6 Å². The smallest absolute Gasteiger partial charge is 0.194 e. The molecule has 0 bridgehead atoms. The molecular formula is C15H16FN3S. The Balaban J connectivity index is 2.06. The molecule has 104 valence electrons. The van der Waals surface area contributed by atoms with Gasteiger partial charge in [-0.2, -0.15) is 0 Å². The number of halogens is 1. The van der Waals surface area contributed by atoms with Crippen LogP contribution in [0, 0.1) is 12.7 Å². The molecule has 0 amide bonds. The second kappa shape index (κ2) is 5.00. The topological polar surface area (TPSA) is 43.3 Å². The molecule has 1 atom stereocenters. The zero-order chi connectivity index (χ0) is 14.3. The Morgan fingerprint density at radius 1 is 1.45 bits per heavy atom. The molecule has 20 heavy (non-hydrogen) atoms. The Hall–Kier alpha value is -1.72. The standard InChI is InChI=1S/C15H16FN3S/c1-9-5-11(3-4-13(9)16)14-8-20-15-18-12(6-10(2)17)7-19(14)15/h3-5,7-8,10H,6,17H2,1-2H3. The predicted molar refractivity (Wildman–Crippen MR) is 80.6 cm³/mol. The van der Waals surface area contributed by atoms with Crippen LogP contribution in [-0.2, 0) is 6.42 Å². The number of rotatable bonds is 3. The molecule has 5 heteroatoms. The van der Waals surface area contributed by atoms with E-state index in [-0.39, 0.29) is 11.9 Å². The van der Waals surface area contributed by atoms with Gasteiger partial charge < -0.3 is 5.73 Å². The summed E-state index contributed by atoms with van der Waals surface area (Å²) < 4.78 is 15.4. The van der Waals surface area contributed by atoms with Crippen molar-refractivity contribution < 1.29 is 4.39 Å². The number of fused-ring (bicyclic) bond motifs is 1. The fourth-order valence-electron chi connectivity index (χ4n) is 2.27. The minimum atomic E-state index is -0.177. The first-order valence-corrected chi connectivity index (χ1v) is 7.40. The van der Waals surface area contributed by atoms with Crippen LogP contribution in [0.25, 0.3) is 16.2 Å². The predicted octanol–water partition coefficient (Wildman–Crippen LogP) is 3.40. The molecule has 2 N–H and O–H groups in total. The molecule has 0 fully saturated rings. The Bertz CT molecular complexity index is 758. The first kappa shape index (κ1) is 13.3. The van der Waals surface area contributed by atoms with Gasteiger partial charge in [0.05, 0.1) is 11.4 Å². The van der Waals surface area contributed by atoms with Crippen LogP contribution in [0.4, 0.5) is 4.39 Å². The summed E-state index contributed by atoms with van der Waals surface area (Å²) in [5.41, 5.74) is 9.49. The molecule has 0 spiro atoms. The maximum atomic E-state index is 13.4. The summed E-state index contributed by atoms with van der Waals surface area (Å²) in [6, 6.07) is 5.27. The Morgan fingerprint density at radius 3 is 2.95 bits per heavy atom. The number of hydrogen-bond acceptors (Lipinski definition) is 3. The summed E-state index contributed by atoms with van der Waals surface area (Å²) >= 11 is 1.58. The van der Waals surface area contributed by atoms with Crippen molar-refractivity contribution in [1.29, 1.82) is 0 Å². The second-order valence-electron chi connectivity index (χ2n) is 5.15. The van der Waals surface area contributed by atoms with Crippen molar-refractivity contribution in [1.82, 2.24) is 9.38 Å². The maximum Gasteiger partial charge on any atom is 0.194 e. The number of imidazole rings is 1. The van der Waals surface area contributed by atoms with Crippen molar-refractivity contribution in [3.63, 3.8) is 0 Å². The molecule has 0 radical (unpaired) electrons. The lowest BCUT2D eigenvalue weighted by molar-refractivity contribution is 0.618. The minimum absolute atomic E-state index is 0.0936. The lowest BCUT2D eigenvalue weighted by Crippen LogP contribution is -2.17. The van der Waals surface area contributed by atoms with Crippen molar-refractivity contribution in [3.8, 4) is 11.3 Å². The monoisotopic (exact) mass is 289 g/mol. The van der Waals surface area contributed by atoms with Crippen LogP contribution in [0.3, 0.4) is 0 Å². The van der Waals surface area contributed by atoms with Gasteiger partial charge in [-0.1, -0.05) is 0 Å². The molecular weight excluding hydrogens is 273 g/mol. The highest BCUT2D eigenvalue weighted by Crippen LogP contribution is 2.27. The molecule has 3 rings (SSSR count). The van der Waals surface area contributed by atoms with Crippen LogP contribution in [-0.4, -0.2) is 15.4 Å². The average Bonchev–Trinajstić information content (AvgIpc) is 2.91. The van der Waals surface area contributed by atoms with Gasteiger partial charge in [0.15, 0.2) is 4.96 Å².